The summed E-state index contributed by atoms with van der Waals surface area (Å²) in [5.74, 6) is 0.0793. The van der Waals surface area contributed by atoms with E-state index >= 15 is 0 Å². The third-order valence-corrected chi connectivity index (χ3v) is 5.60. The van der Waals surface area contributed by atoms with Gasteiger partial charge in [-0.25, -0.2) is 0 Å². The van der Waals surface area contributed by atoms with E-state index in [1.165, 1.54) is 19.3 Å². The number of carbonyl (C=O) groups excluding carboxylic acids is 1. The second-order valence-electron chi connectivity index (χ2n) is 6.52. The largest absolute Gasteiger partial charge is 0.395 e. The molecular formula is C16H28N2O2S. The molecule has 5 heteroatoms. The van der Waals surface area contributed by atoms with E-state index in [4.69, 9.17) is 18.0 Å². The summed E-state index contributed by atoms with van der Waals surface area (Å²) in [7, 11) is 0. The molecule has 0 aromatic carbocycles. The average Bonchev–Trinajstić information content (AvgIpc) is 2.53. The van der Waals surface area contributed by atoms with Gasteiger partial charge in [-0.1, -0.05) is 50.7 Å². The van der Waals surface area contributed by atoms with E-state index in [9.17, 15) is 9.90 Å². The number of rotatable bonds is 5. The van der Waals surface area contributed by atoms with Crippen LogP contribution in [0.2, 0.25) is 0 Å². The molecule has 120 valence electrons. The van der Waals surface area contributed by atoms with Gasteiger partial charge in [0.1, 0.15) is 0 Å². The molecule has 4 nitrogen and oxygen atoms in total. The summed E-state index contributed by atoms with van der Waals surface area (Å²) >= 11 is 5.28. The number of amides is 1. The third-order valence-electron chi connectivity index (χ3n) is 5.21. The van der Waals surface area contributed by atoms with Crippen molar-refractivity contribution in [2.75, 3.05) is 13.2 Å². The fourth-order valence-electron chi connectivity index (χ4n) is 3.95. The Bertz CT molecular complexity index is 374. The van der Waals surface area contributed by atoms with Crippen LogP contribution in [0.25, 0.3) is 0 Å². The van der Waals surface area contributed by atoms with E-state index in [1.54, 1.807) is 0 Å². The monoisotopic (exact) mass is 312 g/mol. The maximum Gasteiger partial charge on any atom is 0.235 e. The summed E-state index contributed by atoms with van der Waals surface area (Å²) in [5.41, 5.74) is 5.34. The Hall–Kier alpha value is -0.680. The van der Waals surface area contributed by atoms with E-state index in [0.29, 0.717) is 11.5 Å². The zero-order valence-corrected chi connectivity index (χ0v) is 13.7. The van der Waals surface area contributed by atoms with E-state index < -0.39 is 5.41 Å². The van der Waals surface area contributed by atoms with Gasteiger partial charge in [-0.05, 0) is 25.7 Å². The first-order valence-electron chi connectivity index (χ1n) is 8.33. The van der Waals surface area contributed by atoms with Crippen LogP contribution in [0.5, 0.6) is 0 Å². The van der Waals surface area contributed by atoms with Gasteiger partial charge in [0.25, 0.3) is 0 Å². The normalized spacial score (nSPS) is 22.7. The summed E-state index contributed by atoms with van der Waals surface area (Å²) in [6.07, 6.45) is 10.4. The Morgan fingerprint density at radius 3 is 2.24 bits per heavy atom. The lowest BCUT2D eigenvalue weighted by molar-refractivity contribution is -0.143. The number of hydrogen-bond acceptors (Lipinski definition) is 3. The highest BCUT2D eigenvalue weighted by molar-refractivity contribution is 7.80. The number of hydrogen-bond donors (Lipinski definition) is 2. The van der Waals surface area contributed by atoms with Crippen molar-refractivity contribution < 1.29 is 9.90 Å². The average molecular weight is 312 g/mol. The second kappa shape index (κ2) is 7.54. The quantitative estimate of drug-likeness (QED) is 0.765. The molecule has 2 fully saturated rings. The van der Waals surface area contributed by atoms with E-state index in [0.717, 1.165) is 44.9 Å². The van der Waals surface area contributed by atoms with Crippen LogP contribution in [0, 0.1) is 5.41 Å². The summed E-state index contributed by atoms with van der Waals surface area (Å²) in [4.78, 5) is 15.4. The highest BCUT2D eigenvalue weighted by Crippen LogP contribution is 2.39. The Labute approximate surface area is 133 Å². The predicted molar refractivity (Wildman–Crippen MR) is 88.0 cm³/mol. The van der Waals surface area contributed by atoms with Gasteiger partial charge in [0, 0.05) is 12.6 Å². The van der Waals surface area contributed by atoms with Gasteiger partial charge < -0.3 is 15.7 Å². The molecule has 3 N–H and O–H groups in total. The van der Waals surface area contributed by atoms with Crippen LogP contribution in [-0.2, 0) is 4.79 Å². The number of nitrogens with zero attached hydrogens (tertiary/aromatic N) is 1. The van der Waals surface area contributed by atoms with Crippen LogP contribution >= 0.6 is 12.2 Å². The molecule has 2 aliphatic carbocycles. The van der Waals surface area contributed by atoms with Gasteiger partial charge in [-0.2, -0.15) is 0 Å². The Morgan fingerprint density at radius 1 is 1.14 bits per heavy atom. The molecule has 0 bridgehead atoms. The van der Waals surface area contributed by atoms with Gasteiger partial charge in [-0.3, -0.25) is 4.79 Å². The number of aliphatic hydroxyl groups excluding tert-OH is 1. The molecular weight excluding hydrogens is 284 g/mol. The van der Waals surface area contributed by atoms with Crippen molar-refractivity contribution in [1.82, 2.24) is 4.90 Å². The minimum atomic E-state index is -0.653. The third kappa shape index (κ3) is 3.57. The minimum absolute atomic E-state index is 0.00958. The van der Waals surface area contributed by atoms with Gasteiger partial charge >= 0.3 is 0 Å². The molecule has 0 aliphatic heterocycles. The molecule has 0 radical (unpaired) electrons. The van der Waals surface area contributed by atoms with Crippen molar-refractivity contribution in [2.45, 2.75) is 70.3 Å². The molecule has 0 saturated heterocycles. The van der Waals surface area contributed by atoms with Crippen LogP contribution in [0.4, 0.5) is 0 Å². The predicted octanol–water partition coefficient (Wildman–Crippen LogP) is 2.38. The summed E-state index contributed by atoms with van der Waals surface area (Å²) in [6.45, 7) is 0.420. The standard InChI is InChI=1S/C16H28N2O2S/c17-14(21)16(9-5-2-6-10-16)15(20)18(11-12-19)13-7-3-1-4-8-13/h13,19H,1-12H2,(H2,17,21). The number of aliphatic hydroxyl groups is 1. The first-order valence-corrected chi connectivity index (χ1v) is 8.74. The number of nitrogens with two attached hydrogens (primary N) is 1. The minimum Gasteiger partial charge on any atom is -0.395 e. The van der Waals surface area contributed by atoms with Gasteiger partial charge in [0.15, 0.2) is 0 Å². The molecule has 0 aromatic heterocycles. The fourth-order valence-corrected chi connectivity index (χ4v) is 4.24. The first-order chi connectivity index (χ1) is 10.1. The molecule has 0 heterocycles. The number of carbonyl (C=O) groups is 1. The van der Waals surface area contributed by atoms with Gasteiger partial charge in [0.2, 0.25) is 5.91 Å². The molecule has 0 unspecified atom stereocenters. The second-order valence-corrected chi connectivity index (χ2v) is 6.96. The Balaban J connectivity index is 2.20. The van der Waals surface area contributed by atoms with Crippen LogP contribution in [0.15, 0.2) is 0 Å². The van der Waals surface area contributed by atoms with E-state index in [2.05, 4.69) is 0 Å². The molecule has 0 spiro atoms. The lowest BCUT2D eigenvalue weighted by Crippen LogP contribution is -2.55. The molecule has 21 heavy (non-hydrogen) atoms. The Morgan fingerprint density at radius 2 is 1.71 bits per heavy atom. The first kappa shape index (κ1) is 16.7. The summed E-state index contributed by atoms with van der Waals surface area (Å²) in [6, 6.07) is 0.256. The smallest absolute Gasteiger partial charge is 0.235 e. The van der Waals surface area contributed by atoms with Crippen molar-refractivity contribution in [3.63, 3.8) is 0 Å². The Kier molecular flexibility index (Phi) is 5.99. The van der Waals surface area contributed by atoms with E-state index in [-0.39, 0.29) is 18.6 Å². The zero-order chi connectivity index (χ0) is 15.3. The van der Waals surface area contributed by atoms with Crippen LogP contribution < -0.4 is 5.73 Å². The van der Waals surface area contributed by atoms with Crippen molar-refractivity contribution in [3.05, 3.63) is 0 Å². The van der Waals surface area contributed by atoms with Gasteiger partial charge in [-0.15, -0.1) is 0 Å². The molecule has 0 aromatic rings. The highest BCUT2D eigenvalue weighted by Gasteiger charge is 2.46. The van der Waals surface area contributed by atoms with Crippen LogP contribution in [0.3, 0.4) is 0 Å². The lowest BCUT2D eigenvalue weighted by atomic mass is 9.72. The number of thiocarbonyl (C=S) groups is 1. The molecule has 1 amide bonds. The summed E-state index contributed by atoms with van der Waals surface area (Å²) in [5, 5.41) is 9.38. The van der Waals surface area contributed by atoms with Gasteiger partial charge in [0.05, 0.1) is 17.0 Å². The van der Waals surface area contributed by atoms with Crippen molar-refractivity contribution in [2.24, 2.45) is 11.1 Å². The topological polar surface area (TPSA) is 66.6 Å². The maximum absolute atomic E-state index is 13.2. The lowest BCUT2D eigenvalue weighted by Gasteiger charge is -2.43. The van der Waals surface area contributed by atoms with Crippen LogP contribution in [0.1, 0.15) is 64.2 Å². The van der Waals surface area contributed by atoms with Crippen molar-refractivity contribution in [3.8, 4) is 0 Å². The SMILES string of the molecule is NC(=S)C1(C(=O)N(CCO)C2CCCCC2)CCCCC1. The van der Waals surface area contributed by atoms with Crippen LogP contribution in [-0.4, -0.2) is 40.1 Å². The van der Waals surface area contributed by atoms with Crippen molar-refractivity contribution in [1.29, 1.82) is 0 Å². The van der Waals surface area contributed by atoms with Crippen molar-refractivity contribution >= 4 is 23.1 Å². The zero-order valence-electron chi connectivity index (χ0n) is 12.9. The maximum atomic E-state index is 13.2. The fraction of sp³-hybridized carbons (Fsp3) is 0.875. The molecule has 0 atom stereocenters. The molecule has 2 saturated carbocycles. The molecule has 2 aliphatic rings. The highest BCUT2D eigenvalue weighted by atomic mass is 32.1. The van der Waals surface area contributed by atoms with E-state index in [1.807, 2.05) is 4.90 Å². The summed E-state index contributed by atoms with van der Waals surface area (Å²) < 4.78 is 0. The molecule has 2 rings (SSSR count).